The van der Waals surface area contributed by atoms with Gasteiger partial charge in [0.25, 0.3) is 0 Å². The molecule has 0 unspecified atom stereocenters. The number of piperidine rings is 1. The third kappa shape index (κ3) is 3.08. The van der Waals surface area contributed by atoms with Crippen molar-refractivity contribution in [1.82, 2.24) is 5.32 Å². The van der Waals surface area contributed by atoms with E-state index in [1.54, 1.807) is 0 Å². The minimum absolute atomic E-state index is 0.0713. The van der Waals surface area contributed by atoms with Crippen molar-refractivity contribution < 1.29 is 4.74 Å². The van der Waals surface area contributed by atoms with E-state index in [2.05, 4.69) is 36.5 Å². The summed E-state index contributed by atoms with van der Waals surface area (Å²) in [7, 11) is 0. The molecule has 0 aliphatic carbocycles. The molecule has 2 rings (SSSR count). The van der Waals surface area contributed by atoms with Gasteiger partial charge in [0.15, 0.2) is 0 Å². The second kappa shape index (κ2) is 6.18. The molecule has 1 N–H and O–H groups in total. The molecule has 1 saturated heterocycles. The number of ether oxygens (including phenoxy) is 1. The number of benzene rings is 1. The minimum Gasteiger partial charge on any atom is -0.370 e. The van der Waals surface area contributed by atoms with Crippen LogP contribution in [0, 0.1) is 6.07 Å². The van der Waals surface area contributed by atoms with Crippen molar-refractivity contribution in [3.63, 3.8) is 0 Å². The van der Waals surface area contributed by atoms with Gasteiger partial charge in [0.05, 0.1) is 5.60 Å². The van der Waals surface area contributed by atoms with Crippen LogP contribution in [0.1, 0.15) is 38.2 Å². The molecule has 1 aliphatic heterocycles. The average Bonchev–Trinajstić information content (AvgIpc) is 2.41. The summed E-state index contributed by atoms with van der Waals surface area (Å²) in [5, 5.41) is 3.41. The molecule has 0 aromatic heterocycles. The molecule has 1 aromatic carbocycles. The zero-order valence-corrected chi connectivity index (χ0v) is 10.7. The number of nitrogens with one attached hydrogen (secondary N) is 1. The zero-order valence-electron chi connectivity index (χ0n) is 10.7. The van der Waals surface area contributed by atoms with Crippen molar-refractivity contribution in [2.75, 3.05) is 19.7 Å². The Labute approximate surface area is 104 Å². The van der Waals surface area contributed by atoms with Gasteiger partial charge in [-0.3, -0.25) is 0 Å². The number of hydrogen-bond acceptors (Lipinski definition) is 2. The van der Waals surface area contributed by atoms with E-state index in [-0.39, 0.29) is 5.60 Å². The Hall–Kier alpha value is -0.860. The summed E-state index contributed by atoms with van der Waals surface area (Å²) in [6.45, 7) is 5.15. The first kappa shape index (κ1) is 12.6. The lowest BCUT2D eigenvalue weighted by Gasteiger charge is -2.38. The summed E-state index contributed by atoms with van der Waals surface area (Å²) >= 11 is 0. The van der Waals surface area contributed by atoms with Gasteiger partial charge < -0.3 is 10.1 Å². The number of hydrogen-bond donors (Lipinski definition) is 1. The highest BCUT2D eigenvalue weighted by atomic mass is 16.5. The Bertz CT molecular complexity index is 317. The van der Waals surface area contributed by atoms with Crippen LogP contribution in [0.25, 0.3) is 0 Å². The molecule has 2 nitrogen and oxygen atoms in total. The van der Waals surface area contributed by atoms with E-state index in [0.29, 0.717) is 0 Å². The van der Waals surface area contributed by atoms with Crippen LogP contribution >= 0.6 is 0 Å². The fourth-order valence-electron chi connectivity index (χ4n) is 2.44. The summed E-state index contributed by atoms with van der Waals surface area (Å²) in [5.74, 6) is 0. The maximum atomic E-state index is 6.24. The Morgan fingerprint density at radius 1 is 1.41 bits per heavy atom. The first-order valence-electron chi connectivity index (χ1n) is 6.69. The maximum Gasteiger partial charge on any atom is 0.0955 e. The van der Waals surface area contributed by atoms with Gasteiger partial charge >= 0.3 is 0 Å². The van der Waals surface area contributed by atoms with Gasteiger partial charge in [-0.1, -0.05) is 31.5 Å². The molecule has 93 valence electrons. The molecule has 1 radical (unpaired) electrons. The van der Waals surface area contributed by atoms with E-state index in [1.807, 2.05) is 6.07 Å². The molecule has 1 heterocycles. The Morgan fingerprint density at radius 3 is 2.88 bits per heavy atom. The van der Waals surface area contributed by atoms with Crippen LogP contribution in [0.15, 0.2) is 24.3 Å². The first-order valence-corrected chi connectivity index (χ1v) is 6.69. The Kier molecular flexibility index (Phi) is 4.57. The zero-order chi connectivity index (χ0) is 12.0. The summed E-state index contributed by atoms with van der Waals surface area (Å²) in [5.41, 5.74) is 1.22. The van der Waals surface area contributed by atoms with Gasteiger partial charge in [-0.15, -0.1) is 0 Å². The fourth-order valence-corrected chi connectivity index (χ4v) is 2.44. The first-order chi connectivity index (χ1) is 8.37. The molecule has 17 heavy (non-hydrogen) atoms. The predicted octanol–water partition coefficient (Wildman–Crippen LogP) is 2.88. The molecule has 1 aliphatic rings. The minimum atomic E-state index is -0.0713. The highest BCUT2D eigenvalue weighted by Crippen LogP contribution is 2.34. The molecule has 1 aromatic rings. The normalized spacial score (nSPS) is 19.1. The maximum absolute atomic E-state index is 6.24. The Balaban J connectivity index is 2.11. The van der Waals surface area contributed by atoms with Crippen LogP contribution in [0.2, 0.25) is 0 Å². The van der Waals surface area contributed by atoms with Crippen LogP contribution in [-0.4, -0.2) is 19.7 Å². The highest BCUT2D eigenvalue weighted by Gasteiger charge is 2.34. The van der Waals surface area contributed by atoms with Crippen LogP contribution in [0.5, 0.6) is 0 Å². The molecule has 0 bridgehead atoms. The third-order valence-corrected chi connectivity index (χ3v) is 3.52. The van der Waals surface area contributed by atoms with Crippen molar-refractivity contribution >= 4 is 0 Å². The van der Waals surface area contributed by atoms with Gasteiger partial charge in [0.2, 0.25) is 0 Å². The largest absolute Gasteiger partial charge is 0.370 e. The summed E-state index contributed by atoms with van der Waals surface area (Å²) in [6, 6.07) is 11.4. The second-order valence-electron chi connectivity index (χ2n) is 4.74. The molecule has 0 saturated carbocycles. The van der Waals surface area contributed by atoms with Crippen molar-refractivity contribution in [3.05, 3.63) is 35.9 Å². The smallest absolute Gasteiger partial charge is 0.0955 e. The van der Waals surface area contributed by atoms with Gasteiger partial charge in [-0.25, -0.2) is 0 Å². The lowest BCUT2D eigenvalue weighted by Crippen LogP contribution is -2.42. The standard InChI is InChI=1S/C15H22NO/c1-2-3-13-17-15(9-11-16-12-10-15)14-7-5-4-6-8-14/h4-5,7-8,16H,2-3,9-13H2,1H3. The predicted molar refractivity (Wildman–Crippen MR) is 69.9 cm³/mol. The van der Waals surface area contributed by atoms with Gasteiger partial charge in [0.1, 0.15) is 0 Å². The van der Waals surface area contributed by atoms with E-state index in [4.69, 9.17) is 4.74 Å². The number of unbranched alkanes of at least 4 members (excludes halogenated alkanes) is 1. The van der Waals surface area contributed by atoms with E-state index < -0.39 is 0 Å². The van der Waals surface area contributed by atoms with Crippen LogP contribution < -0.4 is 5.32 Å². The van der Waals surface area contributed by atoms with E-state index in [0.717, 1.165) is 39.0 Å². The molecule has 1 fully saturated rings. The Morgan fingerprint density at radius 2 is 2.24 bits per heavy atom. The lowest BCUT2D eigenvalue weighted by molar-refractivity contribution is -0.0723. The molecule has 0 atom stereocenters. The highest BCUT2D eigenvalue weighted by molar-refractivity contribution is 5.22. The quantitative estimate of drug-likeness (QED) is 0.788. The third-order valence-electron chi connectivity index (χ3n) is 3.52. The van der Waals surface area contributed by atoms with Crippen LogP contribution in [0.4, 0.5) is 0 Å². The lowest BCUT2D eigenvalue weighted by atomic mass is 9.85. The SMILES string of the molecule is CCCCOC1(c2c[c]ccc2)CCNCC1. The molecular formula is C15H22NO. The molecular weight excluding hydrogens is 210 g/mol. The van der Waals surface area contributed by atoms with Gasteiger partial charge in [0, 0.05) is 6.61 Å². The van der Waals surface area contributed by atoms with Crippen molar-refractivity contribution in [3.8, 4) is 0 Å². The summed E-state index contributed by atoms with van der Waals surface area (Å²) < 4.78 is 6.24. The second-order valence-corrected chi connectivity index (χ2v) is 4.74. The van der Waals surface area contributed by atoms with Crippen molar-refractivity contribution in [2.24, 2.45) is 0 Å². The monoisotopic (exact) mass is 232 g/mol. The molecule has 0 amide bonds. The summed E-state index contributed by atoms with van der Waals surface area (Å²) in [6.07, 6.45) is 4.46. The molecule has 0 spiro atoms. The van der Waals surface area contributed by atoms with Gasteiger partial charge in [-0.2, -0.15) is 0 Å². The van der Waals surface area contributed by atoms with Crippen molar-refractivity contribution in [1.29, 1.82) is 0 Å². The summed E-state index contributed by atoms with van der Waals surface area (Å²) in [4.78, 5) is 0. The topological polar surface area (TPSA) is 21.3 Å². The van der Waals surface area contributed by atoms with Gasteiger partial charge in [-0.05, 0) is 50.0 Å². The van der Waals surface area contributed by atoms with Crippen LogP contribution in [-0.2, 0) is 10.3 Å². The molecule has 2 heteroatoms. The number of rotatable bonds is 5. The fraction of sp³-hybridized carbons (Fsp3) is 0.600. The van der Waals surface area contributed by atoms with E-state index in [1.165, 1.54) is 12.0 Å². The van der Waals surface area contributed by atoms with Crippen LogP contribution in [0.3, 0.4) is 0 Å². The average molecular weight is 232 g/mol. The van der Waals surface area contributed by atoms with E-state index in [9.17, 15) is 0 Å². The van der Waals surface area contributed by atoms with Crippen molar-refractivity contribution in [2.45, 2.75) is 38.2 Å². The van der Waals surface area contributed by atoms with E-state index >= 15 is 0 Å².